The van der Waals surface area contributed by atoms with E-state index < -0.39 is 0 Å². The van der Waals surface area contributed by atoms with Crippen molar-refractivity contribution in [3.05, 3.63) is 38.4 Å². The second-order valence-electron chi connectivity index (χ2n) is 4.44. The number of halogens is 1. The van der Waals surface area contributed by atoms with E-state index in [0.717, 1.165) is 15.6 Å². The van der Waals surface area contributed by atoms with Gasteiger partial charge in [-0.25, -0.2) is 9.97 Å². The molecular formula is C13H15ClN4OS. The molecule has 2 rings (SSSR count). The second-order valence-corrected chi connectivity index (χ2v) is 6.09. The van der Waals surface area contributed by atoms with Crippen LogP contribution in [-0.4, -0.2) is 15.9 Å². The van der Waals surface area contributed by atoms with E-state index in [1.807, 2.05) is 20.8 Å². The fourth-order valence-corrected chi connectivity index (χ4v) is 3.02. The Morgan fingerprint density at radius 1 is 1.40 bits per heavy atom. The van der Waals surface area contributed by atoms with Crippen LogP contribution < -0.4 is 11.1 Å². The summed E-state index contributed by atoms with van der Waals surface area (Å²) in [7, 11) is 0. The minimum absolute atomic E-state index is 0.136. The van der Waals surface area contributed by atoms with Gasteiger partial charge in [0.1, 0.15) is 11.5 Å². The van der Waals surface area contributed by atoms with Gasteiger partial charge in [-0.15, -0.1) is 11.3 Å². The van der Waals surface area contributed by atoms with Crippen molar-refractivity contribution < 1.29 is 4.79 Å². The molecule has 0 saturated carbocycles. The van der Waals surface area contributed by atoms with E-state index in [9.17, 15) is 4.79 Å². The van der Waals surface area contributed by atoms with Gasteiger partial charge in [-0.1, -0.05) is 11.6 Å². The zero-order valence-electron chi connectivity index (χ0n) is 11.4. The van der Waals surface area contributed by atoms with Gasteiger partial charge in [0.15, 0.2) is 0 Å². The zero-order chi connectivity index (χ0) is 14.9. The van der Waals surface area contributed by atoms with Crippen molar-refractivity contribution in [1.29, 1.82) is 0 Å². The van der Waals surface area contributed by atoms with Crippen molar-refractivity contribution in [2.24, 2.45) is 0 Å². The Hall–Kier alpha value is -1.66. The maximum absolute atomic E-state index is 12.2. The van der Waals surface area contributed by atoms with Gasteiger partial charge in [0.05, 0.1) is 21.8 Å². The zero-order valence-corrected chi connectivity index (χ0v) is 13.0. The van der Waals surface area contributed by atoms with E-state index in [1.165, 1.54) is 0 Å². The lowest BCUT2D eigenvalue weighted by atomic mass is 10.2. The first kappa shape index (κ1) is 14.7. The standard InChI is InChI=1S/C13H15ClN4OS/c1-6-12(20-8(3)16-6)7(2)17-13(19)11-9(14)4-5-10(15)18-11/h4-5,7H,1-3H3,(H2,15,18)(H,17,19). The third-order valence-corrected chi connectivity index (χ3v) is 4.32. The quantitative estimate of drug-likeness (QED) is 0.913. The van der Waals surface area contributed by atoms with Crippen LogP contribution >= 0.6 is 22.9 Å². The van der Waals surface area contributed by atoms with Crippen LogP contribution in [0.3, 0.4) is 0 Å². The van der Waals surface area contributed by atoms with Crippen LogP contribution in [0.2, 0.25) is 5.02 Å². The molecule has 0 fully saturated rings. The SMILES string of the molecule is Cc1nc(C)c(C(C)NC(=O)c2nc(N)ccc2Cl)s1. The fourth-order valence-electron chi connectivity index (χ4n) is 1.90. The normalized spacial score (nSPS) is 12.2. The number of nitrogens with zero attached hydrogens (tertiary/aromatic N) is 2. The summed E-state index contributed by atoms with van der Waals surface area (Å²) in [6.07, 6.45) is 0. The Bertz CT molecular complexity index is 656. The number of aryl methyl sites for hydroxylation is 2. The van der Waals surface area contributed by atoms with E-state index in [2.05, 4.69) is 15.3 Å². The van der Waals surface area contributed by atoms with Crippen molar-refractivity contribution in [2.75, 3.05) is 5.73 Å². The number of thiazole rings is 1. The number of anilines is 1. The van der Waals surface area contributed by atoms with Gasteiger partial charge in [0.25, 0.3) is 5.91 Å². The highest BCUT2D eigenvalue weighted by atomic mass is 35.5. The molecule has 2 heterocycles. The Morgan fingerprint density at radius 3 is 2.70 bits per heavy atom. The van der Waals surface area contributed by atoms with Gasteiger partial charge in [0, 0.05) is 4.88 Å². The van der Waals surface area contributed by atoms with Crippen LogP contribution in [0.1, 0.15) is 39.0 Å². The van der Waals surface area contributed by atoms with Gasteiger partial charge in [-0.05, 0) is 32.9 Å². The Labute approximate surface area is 126 Å². The number of pyridine rings is 1. The van der Waals surface area contributed by atoms with Crippen molar-refractivity contribution in [3.8, 4) is 0 Å². The second kappa shape index (κ2) is 5.76. The summed E-state index contributed by atoms with van der Waals surface area (Å²) in [6.45, 7) is 5.76. The monoisotopic (exact) mass is 310 g/mol. The lowest BCUT2D eigenvalue weighted by Gasteiger charge is -2.13. The molecule has 2 aromatic rings. The highest BCUT2D eigenvalue weighted by Crippen LogP contribution is 2.25. The molecule has 0 aliphatic rings. The van der Waals surface area contributed by atoms with Gasteiger partial charge < -0.3 is 11.1 Å². The van der Waals surface area contributed by atoms with Crippen molar-refractivity contribution >= 4 is 34.7 Å². The summed E-state index contributed by atoms with van der Waals surface area (Å²) in [5, 5.41) is 4.11. The maximum atomic E-state index is 12.2. The minimum atomic E-state index is -0.347. The van der Waals surface area contributed by atoms with Gasteiger partial charge >= 0.3 is 0 Å². The van der Waals surface area contributed by atoms with Crippen LogP contribution in [0.15, 0.2) is 12.1 Å². The number of nitrogens with one attached hydrogen (secondary N) is 1. The number of rotatable bonds is 3. The molecule has 1 amide bonds. The highest BCUT2D eigenvalue weighted by Gasteiger charge is 2.19. The Morgan fingerprint density at radius 2 is 2.10 bits per heavy atom. The van der Waals surface area contributed by atoms with Crippen molar-refractivity contribution in [3.63, 3.8) is 0 Å². The molecule has 0 radical (unpaired) electrons. The molecule has 0 aromatic carbocycles. The molecule has 2 aromatic heterocycles. The third-order valence-electron chi connectivity index (χ3n) is 2.76. The molecule has 0 bridgehead atoms. The first-order valence-electron chi connectivity index (χ1n) is 6.05. The lowest BCUT2D eigenvalue weighted by molar-refractivity contribution is 0.0935. The molecule has 7 heteroatoms. The summed E-state index contributed by atoms with van der Waals surface area (Å²) in [5.41, 5.74) is 6.64. The number of carbonyl (C=O) groups excluding carboxylic acids is 1. The first-order chi connectivity index (χ1) is 9.38. The molecule has 5 nitrogen and oxygen atoms in total. The van der Waals surface area contributed by atoms with Crippen LogP contribution in [0.4, 0.5) is 5.82 Å². The average molecular weight is 311 g/mol. The van der Waals surface area contributed by atoms with E-state index in [-0.39, 0.29) is 28.5 Å². The molecule has 1 atom stereocenters. The topological polar surface area (TPSA) is 80.9 Å². The molecule has 3 N–H and O–H groups in total. The highest BCUT2D eigenvalue weighted by molar-refractivity contribution is 7.11. The van der Waals surface area contributed by atoms with E-state index in [1.54, 1.807) is 23.5 Å². The maximum Gasteiger partial charge on any atom is 0.272 e. The van der Waals surface area contributed by atoms with E-state index in [0.29, 0.717) is 0 Å². The van der Waals surface area contributed by atoms with Crippen LogP contribution in [0.5, 0.6) is 0 Å². The molecule has 106 valence electrons. The molecule has 0 saturated heterocycles. The molecule has 20 heavy (non-hydrogen) atoms. The van der Waals surface area contributed by atoms with E-state index in [4.69, 9.17) is 17.3 Å². The molecule has 0 aliphatic heterocycles. The number of carbonyl (C=O) groups is 1. The molecule has 0 aliphatic carbocycles. The van der Waals surface area contributed by atoms with Gasteiger partial charge in [-0.3, -0.25) is 4.79 Å². The summed E-state index contributed by atoms with van der Waals surface area (Å²) in [6, 6.07) is 2.96. The Kier molecular flexibility index (Phi) is 4.25. The number of hydrogen-bond acceptors (Lipinski definition) is 5. The number of amides is 1. The number of aromatic nitrogens is 2. The molecular weight excluding hydrogens is 296 g/mol. The predicted octanol–water partition coefficient (Wildman–Crippen LogP) is 2.88. The van der Waals surface area contributed by atoms with Crippen LogP contribution in [0.25, 0.3) is 0 Å². The summed E-state index contributed by atoms with van der Waals surface area (Å²) in [4.78, 5) is 21.5. The van der Waals surface area contributed by atoms with Crippen molar-refractivity contribution in [1.82, 2.24) is 15.3 Å². The largest absolute Gasteiger partial charge is 0.384 e. The summed E-state index contributed by atoms with van der Waals surface area (Å²) >= 11 is 7.53. The number of nitrogens with two attached hydrogens (primary N) is 1. The number of hydrogen-bond donors (Lipinski definition) is 2. The lowest BCUT2D eigenvalue weighted by Crippen LogP contribution is -2.27. The van der Waals surface area contributed by atoms with Crippen LogP contribution in [0, 0.1) is 13.8 Å². The predicted molar refractivity (Wildman–Crippen MR) is 81.1 cm³/mol. The number of nitrogen functional groups attached to an aromatic ring is 1. The Balaban J connectivity index is 2.19. The first-order valence-corrected chi connectivity index (χ1v) is 7.24. The van der Waals surface area contributed by atoms with Gasteiger partial charge in [0.2, 0.25) is 0 Å². The molecule has 0 spiro atoms. The van der Waals surface area contributed by atoms with E-state index >= 15 is 0 Å². The molecule has 1 unspecified atom stereocenters. The summed E-state index contributed by atoms with van der Waals surface area (Å²) in [5.74, 6) is -0.0859. The smallest absolute Gasteiger partial charge is 0.272 e. The van der Waals surface area contributed by atoms with Gasteiger partial charge in [-0.2, -0.15) is 0 Å². The average Bonchev–Trinajstić information content (AvgIpc) is 2.71. The minimum Gasteiger partial charge on any atom is -0.384 e. The fraction of sp³-hybridized carbons (Fsp3) is 0.308. The van der Waals surface area contributed by atoms with Crippen molar-refractivity contribution in [2.45, 2.75) is 26.8 Å². The summed E-state index contributed by atoms with van der Waals surface area (Å²) < 4.78 is 0. The van der Waals surface area contributed by atoms with Crippen LogP contribution in [-0.2, 0) is 0 Å². The third kappa shape index (κ3) is 3.08.